The first-order valence-corrected chi connectivity index (χ1v) is 8.66. The predicted octanol–water partition coefficient (Wildman–Crippen LogP) is 3.19. The van der Waals surface area contributed by atoms with E-state index in [2.05, 4.69) is 24.0 Å². The number of thioether (sulfide) groups is 1. The maximum absolute atomic E-state index is 5.47. The third-order valence-corrected chi connectivity index (χ3v) is 5.33. The van der Waals surface area contributed by atoms with Crippen molar-refractivity contribution in [3.05, 3.63) is 17.7 Å². The lowest BCUT2D eigenvalue weighted by Crippen LogP contribution is -2.26. The Labute approximate surface area is 130 Å². The molecule has 0 saturated heterocycles. The molecule has 4 nitrogen and oxygen atoms in total. The molecule has 2 aliphatic rings. The lowest BCUT2D eigenvalue weighted by Gasteiger charge is -2.14. The molecule has 21 heavy (non-hydrogen) atoms. The van der Waals surface area contributed by atoms with E-state index in [-0.39, 0.29) is 6.79 Å². The van der Waals surface area contributed by atoms with E-state index in [1.54, 1.807) is 7.11 Å². The maximum Gasteiger partial charge on any atom is 0.231 e. The highest BCUT2D eigenvalue weighted by Gasteiger charge is 2.25. The van der Waals surface area contributed by atoms with Gasteiger partial charge in [-0.2, -0.15) is 11.8 Å². The number of hydrogen-bond acceptors (Lipinski definition) is 5. The number of methoxy groups -OCH3 is 1. The lowest BCUT2D eigenvalue weighted by molar-refractivity contribution is 0.171. The summed E-state index contributed by atoms with van der Waals surface area (Å²) in [4.78, 5) is 0. The molecule has 0 radical (unpaired) electrons. The highest BCUT2D eigenvalue weighted by atomic mass is 32.2. The van der Waals surface area contributed by atoms with Crippen LogP contribution in [-0.4, -0.2) is 30.9 Å². The second-order valence-electron chi connectivity index (χ2n) is 5.50. The molecule has 0 amide bonds. The van der Waals surface area contributed by atoms with Crippen LogP contribution in [0.25, 0.3) is 0 Å². The van der Waals surface area contributed by atoms with Crippen molar-refractivity contribution >= 4 is 11.8 Å². The fourth-order valence-corrected chi connectivity index (χ4v) is 4.20. The van der Waals surface area contributed by atoms with Crippen molar-refractivity contribution < 1.29 is 14.2 Å². The molecule has 2 atom stereocenters. The molecule has 1 aromatic rings. The molecular weight excluding hydrogens is 286 g/mol. The fourth-order valence-electron chi connectivity index (χ4n) is 3.06. The summed E-state index contributed by atoms with van der Waals surface area (Å²) in [6.45, 7) is 3.37. The van der Waals surface area contributed by atoms with Gasteiger partial charge in [-0.1, -0.05) is 6.92 Å². The van der Waals surface area contributed by atoms with Gasteiger partial charge in [0.25, 0.3) is 0 Å². The van der Waals surface area contributed by atoms with E-state index < -0.39 is 0 Å². The summed E-state index contributed by atoms with van der Waals surface area (Å²) >= 11 is 2.09. The zero-order valence-corrected chi connectivity index (χ0v) is 13.5. The summed E-state index contributed by atoms with van der Waals surface area (Å²) in [5.41, 5.74) is 1.18. The number of ether oxygens (including phenoxy) is 3. The van der Waals surface area contributed by atoms with Crippen LogP contribution < -0.4 is 19.5 Å². The van der Waals surface area contributed by atoms with Crippen LogP contribution in [0.2, 0.25) is 0 Å². The molecule has 1 aliphatic carbocycles. The summed E-state index contributed by atoms with van der Waals surface area (Å²) in [7, 11) is 1.66. The van der Waals surface area contributed by atoms with E-state index in [1.807, 2.05) is 12.1 Å². The Bertz CT molecular complexity index is 495. The highest BCUT2D eigenvalue weighted by molar-refractivity contribution is 7.99. The molecule has 2 unspecified atom stereocenters. The minimum absolute atomic E-state index is 0.279. The minimum Gasteiger partial charge on any atom is -0.493 e. The molecule has 1 aliphatic heterocycles. The van der Waals surface area contributed by atoms with Gasteiger partial charge in [-0.25, -0.2) is 0 Å². The van der Waals surface area contributed by atoms with Gasteiger partial charge in [0.15, 0.2) is 11.5 Å². The number of nitrogens with one attached hydrogen (secondary N) is 1. The third kappa shape index (κ3) is 3.40. The summed E-state index contributed by atoms with van der Waals surface area (Å²) in [6, 6.07) is 4.71. The molecule has 1 fully saturated rings. The Morgan fingerprint density at radius 3 is 3.05 bits per heavy atom. The van der Waals surface area contributed by atoms with Crippen molar-refractivity contribution in [2.45, 2.75) is 44.0 Å². The molecule has 5 heteroatoms. The van der Waals surface area contributed by atoms with E-state index in [9.17, 15) is 0 Å². The fraction of sp³-hybridized carbons (Fsp3) is 0.625. The summed E-state index contributed by atoms with van der Waals surface area (Å²) in [5, 5.41) is 4.50. The first-order chi connectivity index (χ1) is 10.3. The number of hydrogen-bond donors (Lipinski definition) is 1. The van der Waals surface area contributed by atoms with Gasteiger partial charge in [-0.15, -0.1) is 0 Å². The number of rotatable bonds is 6. The van der Waals surface area contributed by atoms with Crippen molar-refractivity contribution in [2.24, 2.45) is 0 Å². The van der Waals surface area contributed by atoms with Gasteiger partial charge in [0, 0.05) is 17.8 Å². The Hall–Kier alpha value is -1.07. The van der Waals surface area contributed by atoms with Gasteiger partial charge >= 0.3 is 0 Å². The lowest BCUT2D eigenvalue weighted by atomic mass is 10.1. The third-order valence-electron chi connectivity index (χ3n) is 4.10. The van der Waals surface area contributed by atoms with Crippen LogP contribution in [0.4, 0.5) is 0 Å². The second-order valence-corrected chi connectivity index (χ2v) is 7.08. The molecule has 116 valence electrons. The number of fused-ring (bicyclic) bond motifs is 1. The Morgan fingerprint density at radius 2 is 2.24 bits per heavy atom. The Morgan fingerprint density at radius 1 is 1.33 bits per heavy atom. The number of benzene rings is 1. The summed E-state index contributed by atoms with van der Waals surface area (Å²) in [6.07, 6.45) is 3.89. The predicted molar refractivity (Wildman–Crippen MR) is 85.5 cm³/mol. The van der Waals surface area contributed by atoms with Crippen molar-refractivity contribution in [3.8, 4) is 17.2 Å². The van der Waals surface area contributed by atoms with Gasteiger partial charge in [-0.05, 0) is 42.7 Å². The van der Waals surface area contributed by atoms with Crippen molar-refractivity contribution in [1.82, 2.24) is 5.32 Å². The first kappa shape index (κ1) is 14.9. The SMILES string of the molecule is CCSC1CCC(NCc2cc(OC)c3c(c2)OCO3)C1. The van der Waals surface area contributed by atoms with Gasteiger partial charge in [-0.3, -0.25) is 0 Å². The molecule has 1 saturated carbocycles. The van der Waals surface area contributed by atoms with E-state index in [0.717, 1.165) is 29.0 Å². The van der Waals surface area contributed by atoms with Crippen molar-refractivity contribution in [2.75, 3.05) is 19.7 Å². The van der Waals surface area contributed by atoms with Crippen molar-refractivity contribution in [1.29, 1.82) is 0 Å². The zero-order chi connectivity index (χ0) is 14.7. The first-order valence-electron chi connectivity index (χ1n) is 7.61. The van der Waals surface area contributed by atoms with Crippen molar-refractivity contribution in [3.63, 3.8) is 0 Å². The normalized spacial score (nSPS) is 23.5. The molecule has 1 aromatic carbocycles. The molecule has 1 N–H and O–H groups in total. The van der Waals surface area contributed by atoms with Gasteiger partial charge in [0.1, 0.15) is 0 Å². The molecule has 3 rings (SSSR count). The largest absolute Gasteiger partial charge is 0.493 e. The van der Waals surface area contributed by atoms with E-state index in [4.69, 9.17) is 14.2 Å². The van der Waals surface area contributed by atoms with Crippen LogP contribution in [0, 0.1) is 0 Å². The molecule has 0 aromatic heterocycles. The van der Waals surface area contributed by atoms with Gasteiger partial charge < -0.3 is 19.5 Å². The second kappa shape index (κ2) is 6.79. The van der Waals surface area contributed by atoms with Gasteiger partial charge in [0.05, 0.1) is 7.11 Å². The highest BCUT2D eigenvalue weighted by Crippen LogP contribution is 2.41. The molecular formula is C16H23NO3S. The van der Waals surface area contributed by atoms with Crippen LogP contribution in [-0.2, 0) is 6.54 Å². The smallest absolute Gasteiger partial charge is 0.231 e. The molecule has 1 heterocycles. The standard InChI is InChI=1S/C16H23NO3S/c1-3-21-13-5-4-12(8-13)17-9-11-6-14(18-2)16-15(7-11)19-10-20-16/h6-7,12-13,17H,3-5,8-10H2,1-2H3. The Balaban J connectivity index is 1.59. The molecule has 0 bridgehead atoms. The topological polar surface area (TPSA) is 39.7 Å². The summed E-state index contributed by atoms with van der Waals surface area (Å²) < 4.78 is 16.3. The van der Waals surface area contributed by atoms with E-state index >= 15 is 0 Å². The monoisotopic (exact) mass is 309 g/mol. The van der Waals surface area contributed by atoms with Crippen LogP contribution in [0.5, 0.6) is 17.2 Å². The van der Waals surface area contributed by atoms with Gasteiger partial charge in [0.2, 0.25) is 12.5 Å². The average molecular weight is 309 g/mol. The minimum atomic E-state index is 0.279. The zero-order valence-electron chi connectivity index (χ0n) is 12.7. The summed E-state index contributed by atoms with van der Waals surface area (Å²) in [5.74, 6) is 3.49. The van der Waals surface area contributed by atoms with Crippen LogP contribution >= 0.6 is 11.8 Å². The molecule has 0 spiro atoms. The van der Waals surface area contributed by atoms with Crippen LogP contribution in [0.1, 0.15) is 31.7 Å². The van der Waals surface area contributed by atoms with Crippen LogP contribution in [0.15, 0.2) is 12.1 Å². The van der Waals surface area contributed by atoms with E-state index in [0.29, 0.717) is 6.04 Å². The maximum atomic E-state index is 5.47. The van der Waals surface area contributed by atoms with Crippen LogP contribution in [0.3, 0.4) is 0 Å². The average Bonchev–Trinajstić information content (AvgIpc) is 3.13. The Kier molecular flexibility index (Phi) is 4.80. The van der Waals surface area contributed by atoms with E-state index in [1.165, 1.54) is 30.6 Å². The quantitative estimate of drug-likeness (QED) is 0.874.